The van der Waals surface area contributed by atoms with Gasteiger partial charge in [0.25, 0.3) is 5.91 Å². The largest absolute Gasteiger partial charge is 0.388 e. The Balaban J connectivity index is 2.50. The van der Waals surface area contributed by atoms with E-state index >= 15 is 0 Å². The summed E-state index contributed by atoms with van der Waals surface area (Å²) < 4.78 is 0.926. The topological polar surface area (TPSA) is 49.3 Å². The van der Waals surface area contributed by atoms with Crippen molar-refractivity contribution >= 4 is 33.2 Å². The molecule has 1 amide bonds. The zero-order valence-electron chi connectivity index (χ0n) is 8.71. The van der Waals surface area contributed by atoms with Gasteiger partial charge in [0.2, 0.25) is 0 Å². The zero-order chi connectivity index (χ0) is 11.5. The lowest BCUT2D eigenvalue weighted by molar-refractivity contribution is 0.0519. The summed E-state index contributed by atoms with van der Waals surface area (Å²) in [5.74, 6) is -0.139. The molecule has 15 heavy (non-hydrogen) atoms. The molecule has 2 N–H and O–H groups in total. The summed E-state index contributed by atoms with van der Waals surface area (Å²) in [6.07, 6.45) is 0.613. The Kier molecular flexibility index (Phi) is 4.31. The Hall–Kier alpha value is -0.390. The average molecular weight is 292 g/mol. The summed E-state index contributed by atoms with van der Waals surface area (Å²) in [7, 11) is 0. The number of amides is 1. The minimum Gasteiger partial charge on any atom is -0.388 e. The number of aliphatic hydroxyl groups is 1. The second-order valence-corrected chi connectivity index (χ2v) is 6.10. The molecule has 1 aromatic rings. The Morgan fingerprint density at radius 1 is 1.67 bits per heavy atom. The van der Waals surface area contributed by atoms with Crippen LogP contribution in [0.2, 0.25) is 0 Å². The molecular weight excluding hydrogens is 278 g/mol. The number of halogens is 1. The maximum Gasteiger partial charge on any atom is 0.261 e. The molecule has 3 nitrogen and oxygen atoms in total. The molecule has 84 valence electrons. The lowest BCUT2D eigenvalue weighted by Crippen LogP contribution is -2.39. The number of thiophene rings is 1. The van der Waals surface area contributed by atoms with Gasteiger partial charge in [0.05, 0.1) is 14.3 Å². The van der Waals surface area contributed by atoms with Crippen LogP contribution < -0.4 is 5.32 Å². The molecule has 1 atom stereocenters. The van der Waals surface area contributed by atoms with Crippen LogP contribution in [-0.2, 0) is 0 Å². The Morgan fingerprint density at radius 2 is 2.33 bits per heavy atom. The van der Waals surface area contributed by atoms with Crippen LogP contribution in [0.5, 0.6) is 0 Å². The van der Waals surface area contributed by atoms with E-state index in [4.69, 9.17) is 0 Å². The molecule has 0 bridgehead atoms. The van der Waals surface area contributed by atoms with Crippen LogP contribution in [0.25, 0.3) is 0 Å². The van der Waals surface area contributed by atoms with Crippen molar-refractivity contribution in [2.24, 2.45) is 0 Å². The Labute approximate surface area is 102 Å². The number of hydrogen-bond acceptors (Lipinski definition) is 3. The monoisotopic (exact) mass is 291 g/mol. The first-order valence-electron chi connectivity index (χ1n) is 4.70. The maximum atomic E-state index is 11.6. The molecule has 1 aromatic heterocycles. The van der Waals surface area contributed by atoms with Crippen LogP contribution in [0.3, 0.4) is 0 Å². The van der Waals surface area contributed by atoms with Gasteiger partial charge in [-0.15, -0.1) is 11.3 Å². The van der Waals surface area contributed by atoms with Gasteiger partial charge in [0.1, 0.15) is 0 Å². The molecule has 0 fully saturated rings. The van der Waals surface area contributed by atoms with Gasteiger partial charge < -0.3 is 10.4 Å². The molecule has 0 aliphatic rings. The minimum absolute atomic E-state index is 0.139. The van der Waals surface area contributed by atoms with Crippen molar-refractivity contribution in [3.63, 3.8) is 0 Å². The standard InChI is InChI=1S/C10H14BrNO2S/c1-3-10(2,14)6-12-9(13)7-4-5-8(11)15-7/h4-5,14H,3,6H2,1-2H3,(H,12,13). The van der Waals surface area contributed by atoms with Gasteiger partial charge in [-0.25, -0.2) is 0 Å². The number of carbonyl (C=O) groups is 1. The second-order valence-electron chi connectivity index (χ2n) is 3.64. The molecule has 1 heterocycles. The van der Waals surface area contributed by atoms with Crippen LogP contribution >= 0.6 is 27.3 Å². The van der Waals surface area contributed by atoms with E-state index in [-0.39, 0.29) is 12.5 Å². The highest BCUT2D eigenvalue weighted by Crippen LogP contribution is 2.21. The number of carbonyl (C=O) groups excluding carboxylic acids is 1. The smallest absolute Gasteiger partial charge is 0.261 e. The number of nitrogens with one attached hydrogen (secondary N) is 1. The summed E-state index contributed by atoms with van der Waals surface area (Å²) >= 11 is 4.67. The van der Waals surface area contributed by atoms with Crippen LogP contribution in [0.1, 0.15) is 29.9 Å². The van der Waals surface area contributed by atoms with Gasteiger partial charge in [0.15, 0.2) is 0 Å². The SMILES string of the molecule is CCC(C)(O)CNC(=O)c1ccc(Br)s1. The first-order chi connectivity index (χ1) is 6.94. The lowest BCUT2D eigenvalue weighted by atomic mass is 10.0. The van der Waals surface area contributed by atoms with Gasteiger partial charge >= 0.3 is 0 Å². The minimum atomic E-state index is -0.829. The van der Waals surface area contributed by atoms with Gasteiger partial charge in [-0.3, -0.25) is 4.79 Å². The fourth-order valence-corrected chi connectivity index (χ4v) is 2.22. The third-order valence-corrected chi connectivity index (χ3v) is 3.81. The van der Waals surface area contributed by atoms with Crippen LogP contribution in [0.15, 0.2) is 15.9 Å². The number of rotatable bonds is 4. The molecule has 0 saturated carbocycles. The van der Waals surface area contributed by atoms with Crippen molar-refractivity contribution in [3.8, 4) is 0 Å². The molecule has 1 unspecified atom stereocenters. The van der Waals surface area contributed by atoms with E-state index < -0.39 is 5.60 Å². The summed E-state index contributed by atoms with van der Waals surface area (Å²) in [6, 6.07) is 3.59. The molecular formula is C10H14BrNO2S. The number of hydrogen-bond donors (Lipinski definition) is 2. The van der Waals surface area contributed by atoms with Crippen molar-refractivity contribution < 1.29 is 9.90 Å². The molecule has 0 aromatic carbocycles. The first-order valence-corrected chi connectivity index (χ1v) is 6.31. The van der Waals surface area contributed by atoms with Crippen molar-refractivity contribution in [1.29, 1.82) is 0 Å². The maximum absolute atomic E-state index is 11.6. The lowest BCUT2D eigenvalue weighted by Gasteiger charge is -2.21. The predicted molar refractivity (Wildman–Crippen MR) is 65.3 cm³/mol. The fraction of sp³-hybridized carbons (Fsp3) is 0.500. The van der Waals surface area contributed by atoms with Crippen LogP contribution in [-0.4, -0.2) is 23.2 Å². The highest BCUT2D eigenvalue weighted by Gasteiger charge is 2.19. The highest BCUT2D eigenvalue weighted by molar-refractivity contribution is 9.11. The van der Waals surface area contributed by atoms with E-state index in [1.165, 1.54) is 11.3 Å². The van der Waals surface area contributed by atoms with Crippen LogP contribution in [0.4, 0.5) is 0 Å². The Bertz CT molecular complexity index is 349. The molecule has 0 aliphatic carbocycles. The fourth-order valence-electron chi connectivity index (χ4n) is 0.919. The summed E-state index contributed by atoms with van der Waals surface area (Å²) in [5, 5.41) is 12.4. The van der Waals surface area contributed by atoms with Gasteiger partial charge in [-0.05, 0) is 41.4 Å². The normalized spacial score (nSPS) is 14.7. The molecule has 0 radical (unpaired) electrons. The van der Waals surface area contributed by atoms with Gasteiger partial charge in [0, 0.05) is 6.54 Å². The van der Waals surface area contributed by atoms with E-state index in [1.807, 2.05) is 13.0 Å². The third kappa shape index (κ3) is 3.93. The summed E-state index contributed by atoms with van der Waals surface area (Å²) in [4.78, 5) is 12.2. The molecule has 0 saturated heterocycles. The molecule has 5 heteroatoms. The van der Waals surface area contributed by atoms with Crippen LogP contribution in [0, 0.1) is 0 Å². The van der Waals surface area contributed by atoms with Gasteiger partial charge in [-0.1, -0.05) is 6.92 Å². The Morgan fingerprint density at radius 3 is 2.80 bits per heavy atom. The van der Waals surface area contributed by atoms with E-state index in [1.54, 1.807) is 13.0 Å². The van der Waals surface area contributed by atoms with Crippen molar-refractivity contribution in [1.82, 2.24) is 5.32 Å². The summed E-state index contributed by atoms with van der Waals surface area (Å²) in [5.41, 5.74) is -0.829. The first kappa shape index (κ1) is 12.7. The van der Waals surface area contributed by atoms with E-state index in [0.29, 0.717) is 11.3 Å². The van der Waals surface area contributed by atoms with E-state index in [9.17, 15) is 9.90 Å². The quantitative estimate of drug-likeness (QED) is 0.895. The summed E-state index contributed by atoms with van der Waals surface area (Å²) in [6.45, 7) is 3.86. The average Bonchev–Trinajstić information content (AvgIpc) is 2.61. The second kappa shape index (κ2) is 5.09. The molecule has 1 rings (SSSR count). The van der Waals surface area contributed by atoms with Gasteiger partial charge in [-0.2, -0.15) is 0 Å². The van der Waals surface area contributed by atoms with E-state index in [2.05, 4.69) is 21.2 Å². The van der Waals surface area contributed by atoms with Crippen molar-refractivity contribution in [2.75, 3.05) is 6.54 Å². The predicted octanol–water partition coefficient (Wildman–Crippen LogP) is 2.40. The zero-order valence-corrected chi connectivity index (χ0v) is 11.1. The molecule has 0 aliphatic heterocycles. The van der Waals surface area contributed by atoms with E-state index in [0.717, 1.165) is 3.79 Å². The van der Waals surface area contributed by atoms with Crippen molar-refractivity contribution in [3.05, 3.63) is 20.8 Å². The molecule has 0 spiro atoms. The third-order valence-electron chi connectivity index (χ3n) is 2.19. The highest BCUT2D eigenvalue weighted by atomic mass is 79.9. The van der Waals surface area contributed by atoms with Crippen molar-refractivity contribution in [2.45, 2.75) is 25.9 Å².